The van der Waals surface area contributed by atoms with Crippen LogP contribution in [0.3, 0.4) is 0 Å². The zero-order valence-electron chi connectivity index (χ0n) is 9.57. The second-order valence-corrected chi connectivity index (χ2v) is 5.82. The summed E-state index contributed by atoms with van der Waals surface area (Å²) in [6, 6.07) is 0. The van der Waals surface area contributed by atoms with E-state index in [1.807, 2.05) is 0 Å². The topological polar surface area (TPSA) is 135 Å². The summed E-state index contributed by atoms with van der Waals surface area (Å²) in [6.45, 7) is 7.16. The van der Waals surface area contributed by atoms with Crippen molar-refractivity contribution in [2.45, 2.75) is 6.92 Å². The molecule has 10 heteroatoms. The molecule has 0 aliphatic heterocycles. The highest BCUT2D eigenvalue weighted by Gasteiger charge is 2.07. The maximum Gasteiger partial charge on any atom is 0.333 e. The third-order valence-electron chi connectivity index (χ3n) is 1.13. The Hall–Kier alpha value is -1.23. The molecular formula is C8H14O8S2. The number of ether oxygens (including phenoxy) is 1. The zero-order valence-corrected chi connectivity index (χ0v) is 11.2. The van der Waals surface area contributed by atoms with Crippen LogP contribution in [-0.4, -0.2) is 44.3 Å². The van der Waals surface area contributed by atoms with Crippen LogP contribution in [0.15, 0.2) is 24.1 Å². The van der Waals surface area contributed by atoms with Gasteiger partial charge in [-0.2, -0.15) is 16.8 Å². The average Bonchev–Trinajstić information content (AvgIpc) is 2.15. The van der Waals surface area contributed by atoms with Crippen LogP contribution in [0.1, 0.15) is 6.92 Å². The van der Waals surface area contributed by atoms with Crippen molar-refractivity contribution in [2.75, 3.05) is 12.4 Å². The number of esters is 1. The molecule has 0 spiro atoms. The summed E-state index contributed by atoms with van der Waals surface area (Å²) in [5.41, 5.74) is 0.185. The summed E-state index contributed by atoms with van der Waals surface area (Å²) >= 11 is 0. The monoisotopic (exact) mass is 302 g/mol. The van der Waals surface area contributed by atoms with Crippen molar-refractivity contribution in [1.29, 1.82) is 0 Å². The van der Waals surface area contributed by atoms with E-state index in [1.54, 1.807) is 0 Å². The van der Waals surface area contributed by atoms with Gasteiger partial charge in [0, 0.05) is 5.57 Å². The molecule has 0 aromatic rings. The molecule has 0 radical (unpaired) electrons. The molecule has 0 saturated heterocycles. The molecule has 8 nitrogen and oxygen atoms in total. The van der Waals surface area contributed by atoms with E-state index in [4.69, 9.17) is 9.11 Å². The molecule has 106 valence electrons. The Kier molecular flexibility index (Phi) is 8.47. The fourth-order valence-electron chi connectivity index (χ4n) is 0.363. The Labute approximate surface area is 105 Å². The summed E-state index contributed by atoms with van der Waals surface area (Å²) in [4.78, 5) is 10.6. The standard InChI is InChI=1S/C6H10O5S.C2H4O3S/c1-5(2)6(7)11-3-4-12(8,9)10;1-2-6(3,4)5/h1,3-4H2,2H3,(H,8,9,10);2H,1H2,(H,3,4,5). The molecule has 0 aromatic heterocycles. The van der Waals surface area contributed by atoms with Gasteiger partial charge >= 0.3 is 5.97 Å². The molecule has 0 aliphatic rings. The van der Waals surface area contributed by atoms with E-state index in [9.17, 15) is 21.6 Å². The van der Waals surface area contributed by atoms with Gasteiger partial charge in [-0.3, -0.25) is 9.11 Å². The first-order valence-corrected chi connectivity index (χ1v) is 7.38. The number of hydrogen-bond donors (Lipinski definition) is 2. The Balaban J connectivity index is 0. The molecule has 0 amide bonds. The van der Waals surface area contributed by atoms with Crippen molar-refractivity contribution < 1.29 is 35.5 Å². The Morgan fingerprint density at radius 1 is 1.28 bits per heavy atom. The van der Waals surface area contributed by atoms with Gasteiger partial charge in [-0.1, -0.05) is 13.2 Å². The third-order valence-corrected chi connectivity index (χ3v) is 2.24. The van der Waals surface area contributed by atoms with E-state index in [-0.39, 0.29) is 12.2 Å². The fourth-order valence-corrected chi connectivity index (χ4v) is 0.657. The highest BCUT2D eigenvalue weighted by molar-refractivity contribution is 7.88. The molecule has 18 heavy (non-hydrogen) atoms. The van der Waals surface area contributed by atoms with Crippen molar-refractivity contribution in [3.63, 3.8) is 0 Å². The van der Waals surface area contributed by atoms with Crippen LogP contribution in [0.25, 0.3) is 0 Å². The molecule has 0 fully saturated rings. The highest BCUT2D eigenvalue weighted by atomic mass is 32.2. The molecule has 0 unspecified atom stereocenters. The minimum Gasteiger partial charge on any atom is -0.461 e. The molecular weight excluding hydrogens is 288 g/mol. The summed E-state index contributed by atoms with van der Waals surface area (Å²) < 4.78 is 59.4. The minimum absolute atomic E-state index is 0.185. The lowest BCUT2D eigenvalue weighted by Gasteiger charge is -2.01. The Bertz CT molecular complexity index is 488. The van der Waals surface area contributed by atoms with E-state index in [0.717, 1.165) is 0 Å². The first-order chi connectivity index (χ1) is 7.89. The van der Waals surface area contributed by atoms with Gasteiger partial charge in [-0.25, -0.2) is 4.79 Å². The highest BCUT2D eigenvalue weighted by Crippen LogP contribution is 1.92. The maximum atomic E-state index is 10.6. The molecule has 0 aliphatic carbocycles. The molecule has 0 heterocycles. The zero-order chi connectivity index (χ0) is 15.0. The van der Waals surface area contributed by atoms with E-state index in [0.29, 0.717) is 5.41 Å². The van der Waals surface area contributed by atoms with Crippen LogP contribution in [0, 0.1) is 0 Å². The smallest absolute Gasteiger partial charge is 0.333 e. The lowest BCUT2D eigenvalue weighted by atomic mass is 10.4. The molecule has 2 N–H and O–H groups in total. The van der Waals surface area contributed by atoms with Crippen LogP contribution in [-0.2, 0) is 29.8 Å². The second kappa shape index (κ2) is 7.97. The Morgan fingerprint density at radius 2 is 1.67 bits per heavy atom. The number of carbonyl (C=O) groups is 1. The van der Waals surface area contributed by atoms with Crippen molar-refractivity contribution in [3.05, 3.63) is 24.1 Å². The van der Waals surface area contributed by atoms with Crippen molar-refractivity contribution in [3.8, 4) is 0 Å². The van der Waals surface area contributed by atoms with E-state index < -0.39 is 32.0 Å². The molecule has 0 aromatic carbocycles. The van der Waals surface area contributed by atoms with Gasteiger partial charge in [0.05, 0.1) is 5.41 Å². The molecule has 0 saturated carbocycles. The molecule has 0 rings (SSSR count). The second-order valence-electron chi connectivity index (χ2n) is 2.88. The van der Waals surface area contributed by atoms with Crippen LogP contribution in [0.5, 0.6) is 0 Å². The third kappa shape index (κ3) is 17.2. The summed E-state index contributed by atoms with van der Waals surface area (Å²) in [5.74, 6) is -1.26. The van der Waals surface area contributed by atoms with Crippen molar-refractivity contribution >= 4 is 26.2 Å². The van der Waals surface area contributed by atoms with Gasteiger partial charge in [0.2, 0.25) is 0 Å². The van der Waals surface area contributed by atoms with Crippen LogP contribution >= 0.6 is 0 Å². The number of carbonyl (C=O) groups excluding carboxylic acids is 1. The van der Waals surface area contributed by atoms with E-state index >= 15 is 0 Å². The SMILES string of the molecule is C=C(C)C(=O)OCCS(=O)(=O)O.C=CS(=O)(=O)O. The van der Waals surface area contributed by atoms with Crippen LogP contribution < -0.4 is 0 Å². The minimum atomic E-state index is -4.05. The van der Waals surface area contributed by atoms with E-state index in [2.05, 4.69) is 17.9 Å². The Morgan fingerprint density at radius 3 is 1.89 bits per heavy atom. The lowest BCUT2D eigenvalue weighted by molar-refractivity contribution is -0.138. The normalized spacial score (nSPS) is 10.8. The summed E-state index contributed by atoms with van der Waals surface area (Å²) in [6.07, 6.45) is 0. The first-order valence-electron chi connectivity index (χ1n) is 4.26. The van der Waals surface area contributed by atoms with Crippen molar-refractivity contribution in [1.82, 2.24) is 0 Å². The number of hydrogen-bond acceptors (Lipinski definition) is 6. The fraction of sp³-hybridized carbons (Fsp3) is 0.375. The van der Waals surface area contributed by atoms with Gasteiger partial charge in [-0.15, -0.1) is 0 Å². The van der Waals surface area contributed by atoms with Crippen LogP contribution in [0.4, 0.5) is 0 Å². The van der Waals surface area contributed by atoms with Gasteiger partial charge in [-0.05, 0) is 6.92 Å². The maximum absolute atomic E-state index is 10.6. The van der Waals surface area contributed by atoms with E-state index in [1.165, 1.54) is 6.92 Å². The molecule has 0 bridgehead atoms. The summed E-state index contributed by atoms with van der Waals surface area (Å²) in [5, 5.41) is 0.465. The quantitative estimate of drug-likeness (QED) is 0.412. The van der Waals surface area contributed by atoms with Gasteiger partial charge < -0.3 is 4.74 Å². The van der Waals surface area contributed by atoms with Crippen molar-refractivity contribution in [2.24, 2.45) is 0 Å². The largest absolute Gasteiger partial charge is 0.461 e. The first kappa shape index (κ1) is 19.1. The summed E-state index contributed by atoms with van der Waals surface area (Å²) in [7, 11) is -7.95. The van der Waals surface area contributed by atoms with Gasteiger partial charge in [0.15, 0.2) is 0 Å². The number of rotatable bonds is 5. The predicted molar refractivity (Wildman–Crippen MR) is 63.9 cm³/mol. The average molecular weight is 302 g/mol. The van der Waals surface area contributed by atoms with Gasteiger partial charge in [0.25, 0.3) is 20.2 Å². The lowest BCUT2D eigenvalue weighted by Crippen LogP contribution is -2.14. The van der Waals surface area contributed by atoms with Crippen LogP contribution in [0.2, 0.25) is 0 Å². The van der Waals surface area contributed by atoms with Gasteiger partial charge in [0.1, 0.15) is 12.4 Å². The predicted octanol–water partition coefficient (Wildman–Crippen LogP) is 0.0112. The molecule has 0 atom stereocenters.